The molecule has 0 fully saturated rings. The summed E-state index contributed by atoms with van der Waals surface area (Å²) in [5.41, 5.74) is 2.89. The third-order valence-corrected chi connectivity index (χ3v) is 2.63. The Hall–Kier alpha value is -1.39. The van der Waals surface area contributed by atoms with Crippen LogP contribution in [-0.4, -0.2) is 40.8 Å². The Kier molecular flexibility index (Phi) is 5.66. The summed E-state index contributed by atoms with van der Waals surface area (Å²) in [5.74, 6) is -0.833. The molecule has 4 heteroatoms. The smallest absolute Gasteiger partial charge is 0.300 e. The van der Waals surface area contributed by atoms with Crippen LogP contribution >= 0.6 is 0 Å². The molecule has 0 amide bonds. The van der Waals surface area contributed by atoms with Gasteiger partial charge in [0.1, 0.15) is 0 Å². The lowest BCUT2D eigenvalue weighted by molar-refractivity contribution is -0.134. The fourth-order valence-corrected chi connectivity index (χ4v) is 1.89. The molecule has 0 unspecified atom stereocenters. The van der Waals surface area contributed by atoms with E-state index in [-0.39, 0.29) is 6.61 Å². The fraction of sp³-hybridized carbons (Fsp3) is 0.462. The van der Waals surface area contributed by atoms with Crippen molar-refractivity contribution >= 4 is 5.97 Å². The van der Waals surface area contributed by atoms with Crippen molar-refractivity contribution < 1.29 is 15.0 Å². The fourth-order valence-electron chi connectivity index (χ4n) is 1.89. The molecule has 17 heavy (non-hydrogen) atoms. The van der Waals surface area contributed by atoms with E-state index in [4.69, 9.17) is 15.0 Å². The molecule has 0 bridgehead atoms. The van der Waals surface area contributed by atoms with Crippen LogP contribution in [-0.2, 0) is 17.8 Å². The molecule has 1 aromatic carbocycles. The molecular weight excluding hydrogens is 218 g/mol. The van der Waals surface area contributed by atoms with Crippen LogP contribution in [0.2, 0.25) is 0 Å². The van der Waals surface area contributed by atoms with Crippen LogP contribution in [0.25, 0.3) is 0 Å². The van der Waals surface area contributed by atoms with Crippen LogP contribution in [0.4, 0.5) is 0 Å². The second kappa shape index (κ2) is 7.04. The van der Waals surface area contributed by atoms with E-state index in [1.807, 2.05) is 0 Å². The van der Waals surface area contributed by atoms with Crippen LogP contribution in [0, 0.1) is 0 Å². The van der Waals surface area contributed by atoms with Crippen molar-refractivity contribution in [3.8, 4) is 0 Å². The Morgan fingerprint density at radius 3 is 2.53 bits per heavy atom. The van der Waals surface area contributed by atoms with Gasteiger partial charge in [-0.15, -0.1) is 0 Å². The summed E-state index contributed by atoms with van der Waals surface area (Å²) in [5, 5.41) is 16.2. The number of carboxylic acids is 1. The summed E-state index contributed by atoms with van der Waals surface area (Å²) in [6.07, 6.45) is 1.12. The molecule has 1 aromatic rings. The Bertz CT molecular complexity index is 361. The highest BCUT2D eigenvalue weighted by molar-refractivity contribution is 5.62. The van der Waals surface area contributed by atoms with E-state index < -0.39 is 5.97 Å². The summed E-state index contributed by atoms with van der Waals surface area (Å²) in [4.78, 5) is 11.3. The number of benzene rings is 1. The molecule has 1 heterocycles. The monoisotopic (exact) mass is 237 g/mol. The number of aliphatic hydroxyl groups excluding tert-OH is 1. The van der Waals surface area contributed by atoms with E-state index in [0.29, 0.717) is 0 Å². The van der Waals surface area contributed by atoms with Crippen molar-refractivity contribution in [3.05, 3.63) is 35.4 Å². The third-order valence-electron chi connectivity index (χ3n) is 2.63. The lowest BCUT2D eigenvalue weighted by Crippen LogP contribution is -2.32. The van der Waals surface area contributed by atoms with Crippen molar-refractivity contribution in [1.82, 2.24) is 4.90 Å². The van der Waals surface area contributed by atoms with Gasteiger partial charge in [-0.25, -0.2) is 0 Å². The highest BCUT2D eigenvalue weighted by Gasteiger charge is 2.14. The summed E-state index contributed by atoms with van der Waals surface area (Å²) in [6.45, 7) is 4.23. The van der Waals surface area contributed by atoms with Crippen molar-refractivity contribution in [3.63, 3.8) is 0 Å². The van der Waals surface area contributed by atoms with Crippen LogP contribution in [0.15, 0.2) is 24.3 Å². The van der Waals surface area contributed by atoms with Crippen molar-refractivity contribution in [2.45, 2.75) is 19.9 Å². The number of nitrogens with zero attached hydrogens (tertiary/aromatic N) is 1. The molecule has 1 aliphatic rings. The molecule has 0 aliphatic carbocycles. The molecule has 2 N–H and O–H groups in total. The summed E-state index contributed by atoms with van der Waals surface area (Å²) in [6, 6.07) is 8.56. The Balaban J connectivity index is 0.000000317. The summed E-state index contributed by atoms with van der Waals surface area (Å²) in [7, 11) is 0. The number of carbonyl (C=O) groups is 1. The standard InChI is InChI=1S/C11H15NO.C2H4O2/c13-8-7-12-6-5-10-3-1-2-4-11(10)9-12;1-2(3)4/h1-4,13H,5-9H2;1H3,(H,3,4). The number of carboxylic acid groups (broad SMARTS) is 1. The average molecular weight is 237 g/mol. The van der Waals surface area contributed by atoms with Gasteiger partial charge >= 0.3 is 0 Å². The quantitative estimate of drug-likeness (QED) is 0.809. The Morgan fingerprint density at radius 1 is 1.35 bits per heavy atom. The molecule has 0 saturated carbocycles. The lowest BCUT2D eigenvalue weighted by Gasteiger charge is -2.27. The lowest BCUT2D eigenvalue weighted by atomic mass is 10.0. The minimum absolute atomic E-state index is 0.266. The van der Waals surface area contributed by atoms with Gasteiger partial charge < -0.3 is 10.2 Å². The SMILES string of the molecule is CC(=O)O.OCCN1CCc2ccccc2C1. The first-order valence-corrected chi connectivity index (χ1v) is 5.73. The number of aliphatic hydroxyl groups is 1. The van der Waals surface area contributed by atoms with E-state index in [1.165, 1.54) is 11.1 Å². The van der Waals surface area contributed by atoms with Gasteiger partial charge in [-0.05, 0) is 17.5 Å². The minimum atomic E-state index is -0.833. The van der Waals surface area contributed by atoms with E-state index >= 15 is 0 Å². The van der Waals surface area contributed by atoms with Crippen LogP contribution in [0.5, 0.6) is 0 Å². The van der Waals surface area contributed by atoms with Crippen molar-refractivity contribution in [2.75, 3.05) is 19.7 Å². The molecule has 94 valence electrons. The van der Waals surface area contributed by atoms with E-state index in [2.05, 4.69) is 29.2 Å². The molecule has 4 nitrogen and oxygen atoms in total. The number of rotatable bonds is 2. The number of aliphatic carboxylic acids is 1. The normalized spacial score (nSPS) is 14.5. The van der Waals surface area contributed by atoms with Gasteiger partial charge in [0.25, 0.3) is 5.97 Å². The molecule has 0 saturated heterocycles. The zero-order valence-electron chi connectivity index (χ0n) is 10.1. The van der Waals surface area contributed by atoms with Crippen LogP contribution < -0.4 is 0 Å². The molecule has 0 spiro atoms. The number of β-amino-alcohol motifs (C(OH)–C–C–N with tert-alkyl or cyclic N) is 1. The van der Waals surface area contributed by atoms with Gasteiger partial charge in [0, 0.05) is 26.6 Å². The molecule has 0 atom stereocenters. The Morgan fingerprint density at radius 2 is 1.94 bits per heavy atom. The van der Waals surface area contributed by atoms with Gasteiger partial charge in [0.15, 0.2) is 0 Å². The maximum atomic E-state index is 9.00. The predicted octanol–water partition coefficient (Wildman–Crippen LogP) is 1.13. The van der Waals surface area contributed by atoms with Crippen LogP contribution in [0.1, 0.15) is 18.1 Å². The second-order valence-corrected chi connectivity index (χ2v) is 4.04. The highest BCUT2D eigenvalue weighted by atomic mass is 16.4. The van der Waals surface area contributed by atoms with Crippen molar-refractivity contribution in [1.29, 1.82) is 0 Å². The molecule has 0 radical (unpaired) electrons. The number of fused-ring (bicyclic) bond motifs is 1. The largest absolute Gasteiger partial charge is 0.481 e. The van der Waals surface area contributed by atoms with Gasteiger partial charge in [0.05, 0.1) is 6.61 Å². The summed E-state index contributed by atoms with van der Waals surface area (Å²) >= 11 is 0. The predicted molar refractivity (Wildman–Crippen MR) is 65.8 cm³/mol. The average Bonchev–Trinajstić information content (AvgIpc) is 2.29. The summed E-state index contributed by atoms with van der Waals surface area (Å²) < 4.78 is 0. The van der Waals surface area contributed by atoms with Gasteiger partial charge in [-0.1, -0.05) is 24.3 Å². The Labute approximate surface area is 101 Å². The zero-order chi connectivity index (χ0) is 12.7. The van der Waals surface area contributed by atoms with E-state index in [0.717, 1.165) is 33.0 Å². The topological polar surface area (TPSA) is 60.8 Å². The van der Waals surface area contributed by atoms with E-state index in [9.17, 15) is 0 Å². The third kappa shape index (κ3) is 4.97. The minimum Gasteiger partial charge on any atom is -0.481 e. The first-order chi connectivity index (χ1) is 8.13. The first kappa shape index (κ1) is 13.7. The first-order valence-electron chi connectivity index (χ1n) is 5.73. The highest BCUT2D eigenvalue weighted by Crippen LogP contribution is 2.17. The van der Waals surface area contributed by atoms with Crippen LogP contribution in [0.3, 0.4) is 0 Å². The number of hydrogen-bond donors (Lipinski definition) is 2. The second-order valence-electron chi connectivity index (χ2n) is 4.04. The molecular formula is C13H19NO3. The van der Waals surface area contributed by atoms with Gasteiger partial charge in [0.2, 0.25) is 0 Å². The molecule has 1 aliphatic heterocycles. The van der Waals surface area contributed by atoms with Gasteiger partial charge in [-0.2, -0.15) is 0 Å². The van der Waals surface area contributed by atoms with Crippen molar-refractivity contribution in [2.24, 2.45) is 0 Å². The number of hydrogen-bond acceptors (Lipinski definition) is 3. The van der Waals surface area contributed by atoms with E-state index in [1.54, 1.807) is 0 Å². The zero-order valence-corrected chi connectivity index (χ0v) is 10.1. The molecule has 2 rings (SSSR count). The maximum absolute atomic E-state index is 9.00. The van der Waals surface area contributed by atoms with Gasteiger partial charge in [-0.3, -0.25) is 9.69 Å². The molecule has 0 aromatic heterocycles. The maximum Gasteiger partial charge on any atom is 0.300 e.